The zero-order valence-corrected chi connectivity index (χ0v) is 23.4. The summed E-state index contributed by atoms with van der Waals surface area (Å²) >= 11 is 0. The number of hydrogen-bond acceptors (Lipinski definition) is 5. The summed E-state index contributed by atoms with van der Waals surface area (Å²) in [5, 5.41) is 8.53. The van der Waals surface area contributed by atoms with Gasteiger partial charge in [-0.05, 0) is 92.9 Å². The normalized spacial score (nSPS) is 37.9. The van der Waals surface area contributed by atoms with Crippen molar-refractivity contribution in [2.45, 2.75) is 105 Å². The maximum Gasteiger partial charge on any atom is 0.312 e. The smallest absolute Gasteiger partial charge is 0.312 e. The molecule has 6 atom stereocenters. The average Bonchev–Trinajstić information content (AvgIpc) is 3.41. The zero-order valence-electron chi connectivity index (χ0n) is 23.4. The molecule has 204 valence electrons. The molecular weight excluding hydrogens is 474 g/mol. The van der Waals surface area contributed by atoms with Gasteiger partial charge in [-0.3, -0.25) is 14.3 Å². The number of Topliss-reactive ketones (excluding diaryl/α,β-unsaturated/α-hetero) is 1. The van der Waals surface area contributed by atoms with Crippen molar-refractivity contribution in [3.63, 3.8) is 0 Å². The minimum absolute atomic E-state index is 0.0776. The van der Waals surface area contributed by atoms with Crippen molar-refractivity contribution in [2.24, 2.45) is 33.5 Å². The van der Waals surface area contributed by atoms with Crippen molar-refractivity contribution in [3.05, 3.63) is 47.8 Å². The van der Waals surface area contributed by atoms with Crippen molar-refractivity contribution >= 4 is 11.8 Å². The molecule has 6 heteroatoms. The lowest BCUT2D eigenvalue weighted by atomic mass is 9.40. The van der Waals surface area contributed by atoms with Gasteiger partial charge in [-0.15, -0.1) is 5.10 Å². The van der Waals surface area contributed by atoms with Crippen LogP contribution in [0.2, 0.25) is 0 Å². The van der Waals surface area contributed by atoms with E-state index >= 15 is 0 Å². The van der Waals surface area contributed by atoms with Gasteiger partial charge in [0.05, 0.1) is 11.6 Å². The molecule has 4 saturated carbocycles. The predicted octanol–water partition coefficient (Wildman–Crippen LogP) is 6.33. The van der Waals surface area contributed by atoms with Gasteiger partial charge in [0.1, 0.15) is 18.1 Å². The highest BCUT2D eigenvalue weighted by Gasteiger charge is 2.68. The van der Waals surface area contributed by atoms with Crippen LogP contribution in [-0.4, -0.2) is 26.7 Å². The molecule has 0 saturated heterocycles. The van der Waals surface area contributed by atoms with Crippen LogP contribution in [0.4, 0.5) is 0 Å². The molecule has 0 aliphatic heterocycles. The van der Waals surface area contributed by atoms with Gasteiger partial charge in [-0.25, -0.2) is 0 Å². The van der Waals surface area contributed by atoms with E-state index in [9.17, 15) is 9.59 Å². The summed E-state index contributed by atoms with van der Waals surface area (Å²) in [5.74, 6) is 1.26. The fourth-order valence-corrected chi connectivity index (χ4v) is 9.66. The number of aromatic nitrogens is 3. The van der Waals surface area contributed by atoms with Gasteiger partial charge in [0, 0.05) is 18.4 Å². The second-order valence-electron chi connectivity index (χ2n) is 13.8. The van der Waals surface area contributed by atoms with Crippen LogP contribution < -0.4 is 0 Å². The summed E-state index contributed by atoms with van der Waals surface area (Å²) in [5.41, 5.74) is 1.71. The first-order valence-corrected chi connectivity index (χ1v) is 14.8. The van der Waals surface area contributed by atoms with E-state index in [2.05, 4.69) is 55.3 Å². The minimum Gasteiger partial charge on any atom is -0.459 e. The molecule has 4 fully saturated rings. The molecule has 0 radical (unpaired) electrons. The third-order valence-electron chi connectivity index (χ3n) is 11.5. The topological polar surface area (TPSA) is 74.1 Å². The van der Waals surface area contributed by atoms with Crippen LogP contribution in [0.3, 0.4) is 0 Å². The highest BCUT2D eigenvalue weighted by molar-refractivity contribution is 5.88. The molecule has 6 rings (SSSR count). The Morgan fingerprint density at radius 3 is 2.66 bits per heavy atom. The Morgan fingerprint density at radius 1 is 1.05 bits per heavy atom. The monoisotopic (exact) mass is 517 g/mol. The van der Waals surface area contributed by atoms with E-state index in [1.807, 2.05) is 16.9 Å². The van der Waals surface area contributed by atoms with Crippen LogP contribution in [0.5, 0.6) is 0 Å². The Kier molecular flexibility index (Phi) is 6.31. The Hall–Kier alpha value is -2.50. The molecule has 4 aliphatic carbocycles. The highest BCUT2D eigenvalue weighted by atomic mass is 16.5. The van der Waals surface area contributed by atoms with Crippen LogP contribution in [0.1, 0.15) is 96.2 Å². The largest absolute Gasteiger partial charge is 0.459 e. The predicted molar refractivity (Wildman–Crippen MR) is 145 cm³/mol. The molecule has 6 nitrogen and oxygen atoms in total. The maximum absolute atomic E-state index is 13.7. The van der Waals surface area contributed by atoms with Crippen LogP contribution >= 0.6 is 0 Å². The van der Waals surface area contributed by atoms with Gasteiger partial charge in [0.25, 0.3) is 0 Å². The number of benzene rings is 1. The lowest BCUT2D eigenvalue weighted by Crippen LogP contribution is -2.58. The van der Waals surface area contributed by atoms with E-state index in [1.165, 1.54) is 5.56 Å². The van der Waals surface area contributed by atoms with E-state index in [0.717, 1.165) is 77.2 Å². The Labute approximate surface area is 226 Å². The number of carbonyl (C=O) groups excluding carboxylic acids is 2. The second-order valence-corrected chi connectivity index (χ2v) is 13.8. The molecule has 0 N–H and O–H groups in total. The van der Waals surface area contributed by atoms with E-state index in [-0.39, 0.29) is 28.8 Å². The number of esters is 1. The Balaban J connectivity index is 1.09. The molecule has 1 aromatic heterocycles. The van der Waals surface area contributed by atoms with E-state index in [1.54, 1.807) is 0 Å². The van der Waals surface area contributed by atoms with Gasteiger partial charge >= 0.3 is 5.97 Å². The highest BCUT2D eigenvalue weighted by Crippen LogP contribution is 2.73. The fraction of sp³-hybridized carbons (Fsp3) is 0.688. The number of carbonyl (C=O) groups is 2. The van der Waals surface area contributed by atoms with Crippen molar-refractivity contribution in [1.82, 2.24) is 15.0 Å². The van der Waals surface area contributed by atoms with Crippen LogP contribution in [-0.2, 0) is 33.9 Å². The first-order valence-electron chi connectivity index (χ1n) is 14.8. The summed E-state index contributed by atoms with van der Waals surface area (Å²) in [6, 6.07) is 10.5. The molecule has 0 amide bonds. The quantitative estimate of drug-likeness (QED) is 0.402. The van der Waals surface area contributed by atoms with E-state index < -0.39 is 5.41 Å². The van der Waals surface area contributed by atoms with Gasteiger partial charge in [0.15, 0.2) is 0 Å². The van der Waals surface area contributed by atoms with Gasteiger partial charge in [-0.2, -0.15) is 0 Å². The summed E-state index contributed by atoms with van der Waals surface area (Å²) < 4.78 is 7.82. The minimum atomic E-state index is -0.482. The molecular formula is C32H43N3O3. The fourth-order valence-electron chi connectivity index (χ4n) is 9.66. The van der Waals surface area contributed by atoms with Crippen molar-refractivity contribution in [3.8, 4) is 0 Å². The number of ether oxygens (including phenoxy) is 1. The molecule has 1 heterocycles. The molecule has 38 heavy (non-hydrogen) atoms. The Morgan fingerprint density at radius 2 is 1.84 bits per heavy atom. The SMILES string of the molecule is C[C@@]12CC[C@H]3[C@@](CC[C@@H]4[C@@]3(C)CCC[C@@]4(C)C(=O)OCc3cn(CCCc4ccccc4)nn3)(CC1=O)C2. The molecule has 2 aromatic rings. The summed E-state index contributed by atoms with van der Waals surface area (Å²) in [6.45, 7) is 7.77. The third-order valence-corrected chi connectivity index (χ3v) is 11.5. The number of rotatable bonds is 7. The van der Waals surface area contributed by atoms with Gasteiger partial charge in [-0.1, -0.05) is 55.8 Å². The van der Waals surface area contributed by atoms with E-state index in [4.69, 9.17) is 4.74 Å². The standard InChI is InChI=1S/C32H43N3O3/c1-29-16-12-26-30(2)14-8-15-31(3,25(30)13-17-32(26,22-29)19-27(29)36)28(37)38-21-24-20-35(34-33-24)18-7-11-23-9-5-4-6-10-23/h4-6,9-10,20,25-26H,7-8,11-19,21-22H2,1-3H3/t25-,26-,29+,30-,31-,32+/m1/s1. The third kappa shape index (κ3) is 4.14. The molecule has 2 bridgehead atoms. The lowest BCUT2D eigenvalue weighted by Gasteiger charge is -2.63. The Bertz CT molecular complexity index is 1210. The number of ketones is 1. The molecule has 4 aliphatic rings. The van der Waals surface area contributed by atoms with Crippen LogP contribution in [0, 0.1) is 33.5 Å². The van der Waals surface area contributed by atoms with Crippen LogP contribution in [0.15, 0.2) is 36.5 Å². The van der Waals surface area contributed by atoms with E-state index in [0.29, 0.717) is 23.3 Å². The molecule has 1 spiro atoms. The summed E-state index contributed by atoms with van der Waals surface area (Å²) in [7, 11) is 0. The van der Waals surface area contributed by atoms with Gasteiger partial charge in [0.2, 0.25) is 0 Å². The van der Waals surface area contributed by atoms with Gasteiger partial charge < -0.3 is 4.74 Å². The number of aryl methyl sites for hydroxylation is 2. The molecule has 0 unspecified atom stereocenters. The first-order chi connectivity index (χ1) is 18.2. The zero-order chi connectivity index (χ0) is 26.6. The number of hydrogen-bond donors (Lipinski definition) is 0. The van der Waals surface area contributed by atoms with Crippen molar-refractivity contribution in [2.75, 3.05) is 0 Å². The summed E-state index contributed by atoms with van der Waals surface area (Å²) in [4.78, 5) is 26.7. The second kappa shape index (κ2) is 9.31. The number of fused-ring (bicyclic) bond motifs is 3. The average molecular weight is 518 g/mol. The van der Waals surface area contributed by atoms with Crippen molar-refractivity contribution < 1.29 is 14.3 Å². The molecule has 1 aromatic carbocycles. The number of nitrogens with zero attached hydrogens (tertiary/aromatic N) is 3. The maximum atomic E-state index is 13.7. The lowest BCUT2D eigenvalue weighted by molar-refractivity contribution is -0.189. The first kappa shape index (κ1) is 25.8. The van der Waals surface area contributed by atoms with Crippen molar-refractivity contribution in [1.29, 1.82) is 0 Å². The summed E-state index contributed by atoms with van der Waals surface area (Å²) in [6.07, 6.45) is 13.1. The van der Waals surface area contributed by atoms with Crippen LogP contribution in [0.25, 0.3) is 0 Å².